The highest BCUT2D eigenvalue weighted by atomic mass is 19.1. The molecule has 1 aliphatic rings. The first-order valence-electron chi connectivity index (χ1n) is 7.42. The van der Waals surface area contributed by atoms with Crippen molar-refractivity contribution in [1.29, 1.82) is 0 Å². The summed E-state index contributed by atoms with van der Waals surface area (Å²) in [5, 5.41) is 0. The Balaban J connectivity index is 1.79. The van der Waals surface area contributed by atoms with Gasteiger partial charge in [-0.25, -0.2) is 4.39 Å². The molecule has 0 radical (unpaired) electrons. The second-order valence-electron chi connectivity index (χ2n) is 5.43. The van der Waals surface area contributed by atoms with E-state index in [9.17, 15) is 9.18 Å². The first-order chi connectivity index (χ1) is 11.1. The molecule has 120 valence electrons. The summed E-state index contributed by atoms with van der Waals surface area (Å²) in [5.74, 6) is 0.952. The molecular weight excluding hydrogens is 297 g/mol. The molecule has 0 atom stereocenters. The van der Waals surface area contributed by atoms with Gasteiger partial charge in [0.15, 0.2) is 11.5 Å². The molecule has 1 aliphatic heterocycles. The van der Waals surface area contributed by atoms with E-state index in [-0.39, 0.29) is 18.1 Å². The molecule has 0 spiro atoms. The van der Waals surface area contributed by atoms with Crippen LogP contribution in [0.3, 0.4) is 0 Å². The normalized spacial score (nSPS) is 12.9. The third-order valence-corrected chi connectivity index (χ3v) is 4.04. The van der Waals surface area contributed by atoms with Gasteiger partial charge in [-0.3, -0.25) is 4.79 Å². The summed E-state index contributed by atoms with van der Waals surface area (Å²) in [6, 6.07) is 10.00. The van der Waals surface area contributed by atoms with E-state index in [2.05, 4.69) is 0 Å². The third-order valence-electron chi connectivity index (χ3n) is 4.04. The molecule has 1 heterocycles. The van der Waals surface area contributed by atoms with Gasteiger partial charge in [0.1, 0.15) is 5.82 Å². The minimum absolute atomic E-state index is 0.0115. The van der Waals surface area contributed by atoms with Crippen molar-refractivity contribution in [3.63, 3.8) is 0 Å². The molecule has 5 heteroatoms. The lowest BCUT2D eigenvalue weighted by Crippen LogP contribution is -2.30. The van der Waals surface area contributed by atoms with Gasteiger partial charge in [-0.2, -0.15) is 0 Å². The minimum Gasteiger partial charge on any atom is -0.493 e. The Bertz CT molecular complexity index is 745. The fraction of sp³-hybridized carbons (Fsp3) is 0.278. The summed E-state index contributed by atoms with van der Waals surface area (Å²) in [5.41, 5.74) is 2.53. The first kappa shape index (κ1) is 15.3. The quantitative estimate of drug-likeness (QED) is 0.871. The Hall–Kier alpha value is -2.56. The van der Waals surface area contributed by atoms with Crippen LogP contribution in [0.1, 0.15) is 11.1 Å². The van der Waals surface area contributed by atoms with E-state index in [1.54, 1.807) is 37.3 Å². The van der Waals surface area contributed by atoms with Gasteiger partial charge in [-0.1, -0.05) is 6.07 Å². The minimum atomic E-state index is -0.266. The predicted molar refractivity (Wildman–Crippen MR) is 85.7 cm³/mol. The molecular formula is C18H18FNO3. The first-order valence-corrected chi connectivity index (χ1v) is 7.42. The van der Waals surface area contributed by atoms with Gasteiger partial charge in [-0.05, 0) is 47.9 Å². The maximum Gasteiger partial charge on any atom is 0.231 e. The Morgan fingerprint density at radius 1 is 1.13 bits per heavy atom. The maximum absolute atomic E-state index is 13.3. The molecule has 0 fully saturated rings. The van der Waals surface area contributed by atoms with Crippen LogP contribution in [-0.4, -0.2) is 26.7 Å². The Kier molecular flexibility index (Phi) is 4.19. The number of halogens is 1. The van der Waals surface area contributed by atoms with Crippen molar-refractivity contribution in [2.45, 2.75) is 12.8 Å². The summed E-state index contributed by atoms with van der Waals surface area (Å²) in [7, 11) is 3.14. The standard InChI is InChI=1S/C18H18FNO3/c1-22-16-6-3-12(9-17(16)23-2)10-18(21)20-8-7-13-11-14(19)4-5-15(13)20/h3-6,9,11H,7-8,10H2,1-2H3. The zero-order valence-electron chi connectivity index (χ0n) is 13.1. The van der Waals surface area contributed by atoms with Crippen LogP contribution >= 0.6 is 0 Å². The number of amides is 1. The smallest absolute Gasteiger partial charge is 0.231 e. The number of fused-ring (bicyclic) bond motifs is 1. The van der Waals surface area contributed by atoms with Crippen molar-refractivity contribution in [3.05, 3.63) is 53.3 Å². The van der Waals surface area contributed by atoms with Gasteiger partial charge in [0.05, 0.1) is 20.6 Å². The molecule has 23 heavy (non-hydrogen) atoms. The molecule has 2 aromatic carbocycles. The van der Waals surface area contributed by atoms with E-state index in [0.29, 0.717) is 24.5 Å². The number of anilines is 1. The van der Waals surface area contributed by atoms with Gasteiger partial charge in [0.2, 0.25) is 5.91 Å². The average molecular weight is 315 g/mol. The molecule has 0 unspecified atom stereocenters. The number of hydrogen-bond acceptors (Lipinski definition) is 3. The van der Waals surface area contributed by atoms with E-state index in [1.807, 2.05) is 6.07 Å². The number of rotatable bonds is 4. The van der Waals surface area contributed by atoms with Gasteiger partial charge in [0.25, 0.3) is 0 Å². The molecule has 4 nitrogen and oxygen atoms in total. The van der Waals surface area contributed by atoms with Crippen molar-refractivity contribution >= 4 is 11.6 Å². The van der Waals surface area contributed by atoms with Crippen LogP contribution in [-0.2, 0) is 17.6 Å². The highest BCUT2D eigenvalue weighted by Crippen LogP contribution is 2.31. The van der Waals surface area contributed by atoms with Crippen LogP contribution in [0.15, 0.2) is 36.4 Å². The number of nitrogens with zero attached hydrogens (tertiary/aromatic N) is 1. The fourth-order valence-electron chi connectivity index (χ4n) is 2.89. The van der Waals surface area contributed by atoms with Crippen LogP contribution in [0.4, 0.5) is 10.1 Å². The molecule has 0 saturated heterocycles. The lowest BCUT2D eigenvalue weighted by atomic mass is 10.1. The highest BCUT2D eigenvalue weighted by Gasteiger charge is 2.25. The van der Waals surface area contributed by atoms with Crippen molar-refractivity contribution in [1.82, 2.24) is 0 Å². The van der Waals surface area contributed by atoms with Crippen molar-refractivity contribution < 1.29 is 18.7 Å². The second-order valence-corrected chi connectivity index (χ2v) is 5.43. The zero-order chi connectivity index (χ0) is 16.4. The lowest BCUT2D eigenvalue weighted by Gasteiger charge is -2.18. The zero-order valence-corrected chi connectivity index (χ0v) is 13.1. The van der Waals surface area contributed by atoms with E-state index in [4.69, 9.17) is 9.47 Å². The van der Waals surface area contributed by atoms with Crippen LogP contribution < -0.4 is 14.4 Å². The summed E-state index contributed by atoms with van der Waals surface area (Å²) >= 11 is 0. The summed E-state index contributed by atoms with van der Waals surface area (Å²) in [4.78, 5) is 14.3. The van der Waals surface area contributed by atoms with E-state index in [0.717, 1.165) is 16.8 Å². The molecule has 3 rings (SSSR count). The van der Waals surface area contributed by atoms with Crippen LogP contribution in [0.2, 0.25) is 0 Å². The Morgan fingerprint density at radius 2 is 1.91 bits per heavy atom. The SMILES string of the molecule is COc1ccc(CC(=O)N2CCc3cc(F)ccc32)cc1OC. The fourth-order valence-corrected chi connectivity index (χ4v) is 2.89. The second kappa shape index (κ2) is 6.28. The predicted octanol–water partition coefficient (Wildman–Crippen LogP) is 2.97. The summed E-state index contributed by atoms with van der Waals surface area (Å²) < 4.78 is 23.7. The Morgan fingerprint density at radius 3 is 2.65 bits per heavy atom. The van der Waals surface area contributed by atoms with Crippen LogP contribution in [0.5, 0.6) is 11.5 Å². The molecule has 2 aromatic rings. The largest absolute Gasteiger partial charge is 0.493 e. The molecule has 0 aliphatic carbocycles. The number of ether oxygens (including phenoxy) is 2. The third kappa shape index (κ3) is 2.99. The molecule has 0 bridgehead atoms. The molecule has 0 aromatic heterocycles. The number of hydrogen-bond donors (Lipinski definition) is 0. The van der Waals surface area contributed by atoms with E-state index < -0.39 is 0 Å². The van der Waals surface area contributed by atoms with Gasteiger partial charge in [-0.15, -0.1) is 0 Å². The van der Waals surface area contributed by atoms with Gasteiger partial charge >= 0.3 is 0 Å². The molecule has 1 amide bonds. The van der Waals surface area contributed by atoms with Gasteiger partial charge in [0, 0.05) is 12.2 Å². The lowest BCUT2D eigenvalue weighted by molar-refractivity contribution is -0.117. The van der Waals surface area contributed by atoms with E-state index in [1.165, 1.54) is 12.1 Å². The maximum atomic E-state index is 13.3. The topological polar surface area (TPSA) is 38.8 Å². The number of benzene rings is 2. The van der Waals surface area contributed by atoms with Crippen molar-refractivity contribution in [2.24, 2.45) is 0 Å². The Labute approximate surface area is 134 Å². The number of carbonyl (C=O) groups excluding carboxylic acids is 1. The average Bonchev–Trinajstić information content (AvgIpc) is 2.97. The molecule has 0 N–H and O–H groups in total. The van der Waals surface area contributed by atoms with Gasteiger partial charge < -0.3 is 14.4 Å². The monoisotopic (exact) mass is 315 g/mol. The van der Waals surface area contributed by atoms with Crippen molar-refractivity contribution in [2.75, 3.05) is 25.7 Å². The highest BCUT2D eigenvalue weighted by molar-refractivity contribution is 5.96. The van der Waals surface area contributed by atoms with Crippen LogP contribution in [0, 0.1) is 5.82 Å². The number of methoxy groups -OCH3 is 2. The van der Waals surface area contributed by atoms with E-state index >= 15 is 0 Å². The summed E-state index contributed by atoms with van der Waals surface area (Å²) in [6.07, 6.45) is 0.946. The molecule has 0 saturated carbocycles. The number of carbonyl (C=O) groups is 1. The van der Waals surface area contributed by atoms with Crippen molar-refractivity contribution in [3.8, 4) is 11.5 Å². The summed E-state index contributed by atoms with van der Waals surface area (Å²) in [6.45, 7) is 0.588. The van der Waals surface area contributed by atoms with Crippen LogP contribution in [0.25, 0.3) is 0 Å².